The Bertz CT molecular complexity index is 655. The molecular formula is C18H25ClN4O2. The van der Waals surface area contributed by atoms with E-state index in [4.69, 9.17) is 17.3 Å². The maximum absolute atomic E-state index is 13.3. The lowest BCUT2D eigenvalue weighted by Crippen LogP contribution is -2.48. The van der Waals surface area contributed by atoms with Gasteiger partial charge in [-0.1, -0.05) is 11.6 Å². The standard InChI is InChI=1S/C18H25ClN4O2/c19-15-8-10(17(20)24)1-5-14(15)18(25)23(12-2-3-12)13-4-6-16-11(7-13)9-21-22-16/h8,11-13,16,21-22H,1-7,9H2,(H2,20,24). The fourth-order valence-corrected chi connectivity index (χ4v) is 4.77. The Morgan fingerprint density at radius 3 is 2.60 bits per heavy atom. The zero-order chi connectivity index (χ0) is 17.6. The SMILES string of the molecule is NC(=O)C1=CC(Cl)=C(C(=O)N(C2CC2)C2CCC3NNCC3C2)CC1. The first-order valence-electron chi connectivity index (χ1n) is 9.24. The van der Waals surface area contributed by atoms with E-state index in [0.717, 1.165) is 38.6 Å². The number of carbonyl (C=O) groups excluding carboxylic acids is 2. The van der Waals surface area contributed by atoms with Crippen molar-refractivity contribution in [2.45, 2.75) is 63.1 Å². The van der Waals surface area contributed by atoms with Gasteiger partial charge in [-0.05, 0) is 56.9 Å². The molecule has 7 heteroatoms. The van der Waals surface area contributed by atoms with Crippen LogP contribution in [0.4, 0.5) is 0 Å². The fourth-order valence-electron chi connectivity index (χ4n) is 4.46. The summed E-state index contributed by atoms with van der Waals surface area (Å²) in [7, 11) is 0. The van der Waals surface area contributed by atoms with Crippen LogP contribution in [0.15, 0.2) is 22.3 Å². The van der Waals surface area contributed by atoms with Crippen molar-refractivity contribution >= 4 is 23.4 Å². The molecule has 0 aromatic rings. The van der Waals surface area contributed by atoms with Gasteiger partial charge in [0.1, 0.15) is 0 Å². The summed E-state index contributed by atoms with van der Waals surface area (Å²) < 4.78 is 0. The van der Waals surface area contributed by atoms with E-state index >= 15 is 0 Å². The molecule has 4 rings (SSSR count). The second-order valence-corrected chi connectivity index (χ2v) is 8.07. The summed E-state index contributed by atoms with van der Waals surface area (Å²) in [4.78, 5) is 26.7. The first-order valence-corrected chi connectivity index (χ1v) is 9.62. The van der Waals surface area contributed by atoms with Gasteiger partial charge >= 0.3 is 0 Å². The van der Waals surface area contributed by atoms with Crippen LogP contribution in [0.3, 0.4) is 0 Å². The molecule has 136 valence electrons. The van der Waals surface area contributed by atoms with Gasteiger partial charge in [0.05, 0.1) is 0 Å². The Labute approximate surface area is 152 Å². The van der Waals surface area contributed by atoms with Crippen molar-refractivity contribution in [2.75, 3.05) is 6.54 Å². The molecule has 0 radical (unpaired) electrons. The van der Waals surface area contributed by atoms with Crippen LogP contribution in [0.5, 0.6) is 0 Å². The minimum atomic E-state index is -0.455. The second-order valence-electron chi connectivity index (χ2n) is 7.66. The third-order valence-corrected chi connectivity index (χ3v) is 6.32. The monoisotopic (exact) mass is 364 g/mol. The Kier molecular flexibility index (Phi) is 4.60. The largest absolute Gasteiger partial charge is 0.366 e. The van der Waals surface area contributed by atoms with Crippen LogP contribution in [0, 0.1) is 5.92 Å². The summed E-state index contributed by atoms with van der Waals surface area (Å²) in [5.41, 5.74) is 13.1. The van der Waals surface area contributed by atoms with Gasteiger partial charge in [0.25, 0.3) is 5.91 Å². The molecule has 3 atom stereocenters. The van der Waals surface area contributed by atoms with Crippen molar-refractivity contribution < 1.29 is 9.59 Å². The second kappa shape index (κ2) is 6.74. The number of primary amides is 1. The fraction of sp³-hybridized carbons (Fsp3) is 0.667. The zero-order valence-corrected chi connectivity index (χ0v) is 15.0. The molecule has 1 aliphatic heterocycles. The number of hydrogen-bond acceptors (Lipinski definition) is 4. The summed E-state index contributed by atoms with van der Waals surface area (Å²) in [6, 6.07) is 1.18. The average Bonchev–Trinajstić information content (AvgIpc) is 3.30. The summed E-state index contributed by atoms with van der Waals surface area (Å²) in [5.74, 6) is 0.197. The van der Waals surface area contributed by atoms with Crippen LogP contribution >= 0.6 is 11.6 Å². The van der Waals surface area contributed by atoms with Crippen molar-refractivity contribution in [3.8, 4) is 0 Å². The lowest BCUT2D eigenvalue weighted by atomic mass is 9.81. The smallest absolute Gasteiger partial charge is 0.251 e. The minimum Gasteiger partial charge on any atom is -0.366 e. The van der Waals surface area contributed by atoms with Gasteiger partial charge < -0.3 is 10.6 Å². The highest BCUT2D eigenvalue weighted by Gasteiger charge is 2.43. The number of fused-ring (bicyclic) bond motifs is 1. The highest BCUT2D eigenvalue weighted by molar-refractivity contribution is 6.34. The Morgan fingerprint density at radius 1 is 1.16 bits per heavy atom. The average molecular weight is 365 g/mol. The minimum absolute atomic E-state index is 0.0645. The van der Waals surface area contributed by atoms with Crippen LogP contribution in [0.25, 0.3) is 0 Å². The summed E-state index contributed by atoms with van der Waals surface area (Å²) >= 11 is 6.34. The summed E-state index contributed by atoms with van der Waals surface area (Å²) in [6.45, 7) is 0.974. The molecule has 0 spiro atoms. The van der Waals surface area contributed by atoms with Gasteiger partial charge in [-0.3, -0.25) is 20.4 Å². The number of hydrazine groups is 1. The zero-order valence-electron chi connectivity index (χ0n) is 14.3. The van der Waals surface area contributed by atoms with Crippen molar-refractivity contribution in [3.63, 3.8) is 0 Å². The molecule has 1 heterocycles. The Morgan fingerprint density at radius 2 is 1.92 bits per heavy atom. The molecule has 3 aliphatic carbocycles. The van der Waals surface area contributed by atoms with E-state index in [1.54, 1.807) is 6.08 Å². The van der Waals surface area contributed by atoms with Gasteiger partial charge in [0.2, 0.25) is 5.91 Å². The Hall–Kier alpha value is -1.37. The van der Waals surface area contributed by atoms with Gasteiger partial charge in [0.15, 0.2) is 0 Å². The van der Waals surface area contributed by atoms with Gasteiger partial charge in [0, 0.05) is 40.8 Å². The van der Waals surface area contributed by atoms with Crippen LogP contribution in [0.2, 0.25) is 0 Å². The maximum Gasteiger partial charge on any atom is 0.251 e. The van der Waals surface area contributed by atoms with E-state index in [1.165, 1.54) is 0 Å². The van der Waals surface area contributed by atoms with Crippen LogP contribution in [-0.2, 0) is 9.59 Å². The van der Waals surface area contributed by atoms with E-state index in [1.807, 2.05) is 0 Å². The number of halogens is 1. The molecule has 2 amide bonds. The molecule has 3 unspecified atom stereocenters. The lowest BCUT2D eigenvalue weighted by molar-refractivity contribution is -0.131. The first-order chi connectivity index (χ1) is 12.0. The van der Waals surface area contributed by atoms with Crippen molar-refractivity contribution in [2.24, 2.45) is 11.7 Å². The first kappa shape index (κ1) is 17.1. The van der Waals surface area contributed by atoms with Crippen molar-refractivity contribution in [1.29, 1.82) is 0 Å². The summed E-state index contributed by atoms with van der Waals surface area (Å²) in [6.07, 6.45) is 7.91. The number of carbonyl (C=O) groups is 2. The molecule has 4 aliphatic rings. The van der Waals surface area contributed by atoms with Gasteiger partial charge in [-0.2, -0.15) is 0 Å². The Balaban J connectivity index is 1.54. The molecule has 3 fully saturated rings. The number of amides is 2. The normalized spacial score (nSPS) is 32.2. The number of rotatable bonds is 4. The van der Waals surface area contributed by atoms with E-state index in [0.29, 0.717) is 53.1 Å². The topological polar surface area (TPSA) is 87.5 Å². The van der Waals surface area contributed by atoms with Crippen LogP contribution < -0.4 is 16.6 Å². The molecule has 1 saturated heterocycles. The highest BCUT2D eigenvalue weighted by atomic mass is 35.5. The van der Waals surface area contributed by atoms with E-state index < -0.39 is 5.91 Å². The number of hydrogen-bond donors (Lipinski definition) is 3. The highest BCUT2D eigenvalue weighted by Crippen LogP contribution is 2.39. The number of nitrogens with zero attached hydrogens (tertiary/aromatic N) is 1. The van der Waals surface area contributed by atoms with Crippen LogP contribution in [-0.4, -0.2) is 41.4 Å². The molecule has 6 nitrogen and oxygen atoms in total. The third-order valence-electron chi connectivity index (χ3n) is 5.98. The van der Waals surface area contributed by atoms with Crippen molar-refractivity contribution in [3.05, 3.63) is 22.3 Å². The maximum atomic E-state index is 13.3. The molecule has 2 saturated carbocycles. The van der Waals surface area contributed by atoms with E-state index in [9.17, 15) is 9.59 Å². The van der Waals surface area contributed by atoms with Crippen LogP contribution in [0.1, 0.15) is 44.9 Å². The lowest BCUT2D eigenvalue weighted by Gasteiger charge is -2.39. The number of nitrogens with one attached hydrogen (secondary N) is 2. The predicted octanol–water partition coefficient (Wildman–Crippen LogP) is 1.32. The molecule has 25 heavy (non-hydrogen) atoms. The molecule has 0 bridgehead atoms. The third kappa shape index (κ3) is 3.35. The number of nitrogens with two attached hydrogens (primary N) is 1. The molecule has 0 aromatic heterocycles. The van der Waals surface area contributed by atoms with E-state index in [2.05, 4.69) is 15.8 Å². The van der Waals surface area contributed by atoms with E-state index in [-0.39, 0.29) is 5.91 Å². The van der Waals surface area contributed by atoms with Gasteiger partial charge in [-0.25, -0.2) is 0 Å². The molecular weight excluding hydrogens is 340 g/mol. The molecule has 4 N–H and O–H groups in total. The molecule has 0 aromatic carbocycles. The van der Waals surface area contributed by atoms with Crippen molar-refractivity contribution in [1.82, 2.24) is 15.8 Å². The summed E-state index contributed by atoms with van der Waals surface area (Å²) in [5, 5.41) is 0.383. The quantitative estimate of drug-likeness (QED) is 0.702. The number of allylic oxidation sites excluding steroid dienone is 2. The van der Waals surface area contributed by atoms with Gasteiger partial charge in [-0.15, -0.1) is 0 Å². The predicted molar refractivity (Wildman–Crippen MR) is 95.3 cm³/mol.